The van der Waals surface area contributed by atoms with Gasteiger partial charge in [-0.15, -0.1) is 0 Å². The number of aryl methyl sites for hydroxylation is 3. The summed E-state index contributed by atoms with van der Waals surface area (Å²) < 4.78 is 5.19. The molecule has 5 heteroatoms. The molecule has 0 saturated carbocycles. The smallest absolute Gasteiger partial charge is 0.326 e. The van der Waals surface area contributed by atoms with Crippen molar-refractivity contribution in [3.05, 3.63) is 70.3 Å². The van der Waals surface area contributed by atoms with Crippen LogP contribution < -0.4 is 5.32 Å². The van der Waals surface area contributed by atoms with Crippen molar-refractivity contribution in [2.24, 2.45) is 0 Å². The van der Waals surface area contributed by atoms with E-state index >= 15 is 0 Å². The zero-order valence-electron chi connectivity index (χ0n) is 15.6. The number of ketones is 1. The van der Waals surface area contributed by atoms with Gasteiger partial charge in [-0.25, -0.2) is 0 Å². The molecule has 0 aliphatic heterocycles. The molecule has 1 aliphatic rings. The predicted octanol–water partition coefficient (Wildman–Crippen LogP) is 3.03. The van der Waals surface area contributed by atoms with E-state index in [1.165, 1.54) is 11.1 Å². The molecule has 1 amide bonds. The minimum absolute atomic E-state index is 0.233. The minimum Gasteiger partial charge on any atom is -0.453 e. The van der Waals surface area contributed by atoms with E-state index in [1.807, 2.05) is 31.2 Å². The Hall–Kier alpha value is -2.95. The van der Waals surface area contributed by atoms with Crippen molar-refractivity contribution in [1.29, 1.82) is 0 Å². The van der Waals surface area contributed by atoms with Crippen molar-refractivity contribution in [1.82, 2.24) is 5.32 Å². The van der Waals surface area contributed by atoms with E-state index in [0.717, 1.165) is 24.8 Å². The van der Waals surface area contributed by atoms with Crippen molar-refractivity contribution >= 4 is 17.7 Å². The Labute approximate surface area is 158 Å². The van der Waals surface area contributed by atoms with Gasteiger partial charge in [0.15, 0.2) is 6.10 Å². The first-order chi connectivity index (χ1) is 12.9. The van der Waals surface area contributed by atoms with E-state index in [0.29, 0.717) is 11.1 Å². The molecule has 0 spiro atoms. The van der Waals surface area contributed by atoms with E-state index in [1.54, 1.807) is 25.1 Å². The van der Waals surface area contributed by atoms with Gasteiger partial charge in [0.1, 0.15) is 6.54 Å². The van der Waals surface area contributed by atoms with Gasteiger partial charge >= 0.3 is 5.97 Å². The van der Waals surface area contributed by atoms with Crippen LogP contribution in [0.1, 0.15) is 50.8 Å². The first-order valence-corrected chi connectivity index (χ1v) is 9.14. The predicted molar refractivity (Wildman–Crippen MR) is 102 cm³/mol. The average molecular weight is 365 g/mol. The van der Waals surface area contributed by atoms with E-state index in [-0.39, 0.29) is 18.2 Å². The van der Waals surface area contributed by atoms with Crippen LogP contribution in [0.3, 0.4) is 0 Å². The summed E-state index contributed by atoms with van der Waals surface area (Å²) in [6, 6.07) is 12.7. The number of nitrogens with one attached hydrogen (secondary N) is 1. The second kappa shape index (κ2) is 8.16. The lowest BCUT2D eigenvalue weighted by molar-refractivity contribution is -0.145. The number of esters is 1. The Morgan fingerprint density at radius 1 is 1.00 bits per heavy atom. The van der Waals surface area contributed by atoms with Crippen molar-refractivity contribution < 1.29 is 19.1 Å². The third-order valence-corrected chi connectivity index (χ3v) is 4.77. The summed E-state index contributed by atoms with van der Waals surface area (Å²) >= 11 is 0. The molecule has 1 N–H and O–H groups in total. The second-order valence-electron chi connectivity index (χ2n) is 6.88. The molecular weight excluding hydrogens is 342 g/mol. The first-order valence-electron chi connectivity index (χ1n) is 9.14. The molecular formula is C22H23NO4. The summed E-state index contributed by atoms with van der Waals surface area (Å²) in [5, 5.41) is 2.51. The molecule has 1 atom stereocenters. The summed E-state index contributed by atoms with van der Waals surface area (Å²) in [5.74, 6) is -1.23. The van der Waals surface area contributed by atoms with Gasteiger partial charge in [0.05, 0.1) is 0 Å². The maximum atomic E-state index is 12.5. The summed E-state index contributed by atoms with van der Waals surface area (Å²) in [6.45, 7) is 3.20. The normalized spacial score (nSPS) is 13.6. The van der Waals surface area contributed by atoms with Gasteiger partial charge in [0.25, 0.3) is 5.91 Å². The fourth-order valence-corrected chi connectivity index (χ4v) is 3.21. The third kappa shape index (κ3) is 4.61. The summed E-state index contributed by atoms with van der Waals surface area (Å²) in [5.41, 5.74) is 4.56. The Kier molecular flexibility index (Phi) is 5.69. The van der Waals surface area contributed by atoms with Gasteiger partial charge in [-0.2, -0.15) is 0 Å². The first kappa shape index (κ1) is 18.8. The van der Waals surface area contributed by atoms with Gasteiger partial charge in [0, 0.05) is 11.1 Å². The fraction of sp³-hybridized carbons (Fsp3) is 0.318. The summed E-state index contributed by atoms with van der Waals surface area (Å²) in [6.07, 6.45) is 2.25. The lowest BCUT2D eigenvalue weighted by Gasteiger charge is -2.13. The lowest BCUT2D eigenvalue weighted by Crippen LogP contribution is -2.34. The van der Waals surface area contributed by atoms with Crippen LogP contribution in [0.25, 0.3) is 0 Å². The summed E-state index contributed by atoms with van der Waals surface area (Å²) in [7, 11) is 0. The Bertz CT molecular complexity index is 870. The van der Waals surface area contributed by atoms with Crippen molar-refractivity contribution in [3.63, 3.8) is 0 Å². The van der Waals surface area contributed by atoms with Crippen LogP contribution >= 0.6 is 0 Å². The molecule has 0 radical (unpaired) electrons. The number of benzene rings is 2. The highest BCUT2D eigenvalue weighted by atomic mass is 16.5. The van der Waals surface area contributed by atoms with E-state index in [2.05, 4.69) is 5.32 Å². The van der Waals surface area contributed by atoms with Gasteiger partial charge in [-0.1, -0.05) is 29.8 Å². The van der Waals surface area contributed by atoms with Crippen molar-refractivity contribution in [3.8, 4) is 0 Å². The molecule has 140 valence electrons. The van der Waals surface area contributed by atoms with E-state index < -0.39 is 12.1 Å². The lowest BCUT2D eigenvalue weighted by atomic mass is 10.0. The Balaban J connectivity index is 1.51. The van der Waals surface area contributed by atoms with Gasteiger partial charge in [-0.05, 0) is 62.4 Å². The highest BCUT2D eigenvalue weighted by Gasteiger charge is 2.21. The van der Waals surface area contributed by atoms with E-state index in [4.69, 9.17) is 4.74 Å². The molecule has 5 nitrogen and oxygen atoms in total. The molecule has 0 fully saturated rings. The van der Waals surface area contributed by atoms with Gasteiger partial charge in [-0.3, -0.25) is 14.4 Å². The highest BCUT2D eigenvalue weighted by molar-refractivity contribution is 6.01. The second-order valence-corrected chi connectivity index (χ2v) is 6.88. The fourth-order valence-electron chi connectivity index (χ4n) is 3.21. The van der Waals surface area contributed by atoms with Crippen LogP contribution in [0.5, 0.6) is 0 Å². The van der Waals surface area contributed by atoms with Crippen LogP contribution in [0, 0.1) is 6.92 Å². The van der Waals surface area contributed by atoms with Crippen molar-refractivity contribution in [2.45, 2.75) is 39.2 Å². The third-order valence-electron chi connectivity index (χ3n) is 4.77. The molecule has 3 rings (SSSR count). The highest BCUT2D eigenvalue weighted by Crippen LogP contribution is 2.23. The van der Waals surface area contributed by atoms with Crippen LogP contribution in [0.2, 0.25) is 0 Å². The number of amides is 1. The average Bonchev–Trinajstić information content (AvgIpc) is 3.13. The zero-order valence-corrected chi connectivity index (χ0v) is 15.6. The number of ether oxygens (including phenoxy) is 1. The van der Waals surface area contributed by atoms with Gasteiger partial charge in [0.2, 0.25) is 5.78 Å². The Morgan fingerprint density at radius 2 is 1.67 bits per heavy atom. The SMILES string of the molecule is Cc1ccc(C(=O)NCC(=O)OC(C)C(=O)c2ccc3c(c2)CCC3)cc1. The van der Waals surface area contributed by atoms with Crippen molar-refractivity contribution in [2.75, 3.05) is 6.54 Å². The summed E-state index contributed by atoms with van der Waals surface area (Å²) in [4.78, 5) is 36.5. The molecule has 1 aliphatic carbocycles. The number of hydrogen-bond donors (Lipinski definition) is 1. The molecule has 0 bridgehead atoms. The molecule has 0 saturated heterocycles. The van der Waals surface area contributed by atoms with Gasteiger partial charge < -0.3 is 10.1 Å². The topological polar surface area (TPSA) is 72.5 Å². The maximum Gasteiger partial charge on any atom is 0.326 e. The largest absolute Gasteiger partial charge is 0.453 e. The monoisotopic (exact) mass is 365 g/mol. The number of fused-ring (bicyclic) bond motifs is 1. The number of carbonyl (C=O) groups excluding carboxylic acids is 3. The zero-order chi connectivity index (χ0) is 19.4. The maximum absolute atomic E-state index is 12.5. The standard InChI is InChI=1S/C22H23NO4/c1-14-6-8-17(9-7-14)22(26)23-13-20(24)27-15(2)21(25)19-11-10-16-4-3-5-18(16)12-19/h6-12,15H,3-5,13H2,1-2H3,(H,23,26). The molecule has 0 aromatic heterocycles. The number of rotatable bonds is 6. The number of hydrogen-bond acceptors (Lipinski definition) is 4. The quantitative estimate of drug-likeness (QED) is 0.631. The Morgan fingerprint density at radius 3 is 2.41 bits per heavy atom. The number of Topliss-reactive ketones (excluding diaryl/α,β-unsaturated/α-hetero) is 1. The van der Waals surface area contributed by atoms with E-state index in [9.17, 15) is 14.4 Å². The van der Waals surface area contributed by atoms with Crippen LogP contribution in [0.15, 0.2) is 42.5 Å². The molecule has 2 aromatic carbocycles. The number of carbonyl (C=O) groups is 3. The molecule has 27 heavy (non-hydrogen) atoms. The molecule has 2 aromatic rings. The van der Waals surface area contributed by atoms with Crippen LogP contribution in [-0.4, -0.2) is 30.3 Å². The minimum atomic E-state index is -0.895. The molecule has 0 heterocycles. The molecule has 1 unspecified atom stereocenters. The van der Waals surface area contributed by atoms with Crippen LogP contribution in [0.4, 0.5) is 0 Å². The van der Waals surface area contributed by atoms with Crippen LogP contribution in [-0.2, 0) is 22.4 Å².